The zero-order valence-electron chi connectivity index (χ0n) is 9.03. The van der Waals surface area contributed by atoms with Gasteiger partial charge in [0.05, 0.1) is 5.00 Å². The molecule has 0 atom stereocenters. The van der Waals surface area contributed by atoms with Crippen molar-refractivity contribution in [3.63, 3.8) is 0 Å². The van der Waals surface area contributed by atoms with Crippen LogP contribution in [-0.2, 0) is 0 Å². The molecule has 0 saturated heterocycles. The molecule has 1 heterocycles. The Kier molecular flexibility index (Phi) is 2.78. The molecule has 1 aromatic heterocycles. The summed E-state index contributed by atoms with van der Waals surface area (Å²) in [5.41, 5.74) is 9.55. The van der Waals surface area contributed by atoms with Crippen molar-refractivity contribution >= 4 is 16.3 Å². The van der Waals surface area contributed by atoms with Crippen LogP contribution in [0.25, 0.3) is 11.1 Å². The largest absolute Gasteiger partial charge is 0.391 e. The minimum absolute atomic E-state index is 0.589. The lowest BCUT2D eigenvalue weighted by molar-refractivity contribution is 0.867. The van der Waals surface area contributed by atoms with Gasteiger partial charge in [0, 0.05) is 5.38 Å². The maximum atomic E-state index is 5.71. The molecular weight excluding hydrogens is 202 g/mol. The number of benzene rings is 1. The smallest absolute Gasteiger partial charge is 0.0862 e. The van der Waals surface area contributed by atoms with E-state index in [1.807, 2.05) is 6.07 Å². The van der Waals surface area contributed by atoms with Gasteiger partial charge in [-0.1, -0.05) is 38.1 Å². The molecule has 0 aliphatic carbocycles. The van der Waals surface area contributed by atoms with Crippen molar-refractivity contribution in [1.29, 1.82) is 0 Å². The fourth-order valence-electron chi connectivity index (χ4n) is 1.56. The van der Waals surface area contributed by atoms with E-state index in [9.17, 15) is 0 Å². The molecule has 2 aromatic rings. The van der Waals surface area contributed by atoms with Crippen LogP contribution in [0.5, 0.6) is 0 Å². The van der Waals surface area contributed by atoms with Crippen molar-refractivity contribution < 1.29 is 0 Å². The first-order valence-corrected chi connectivity index (χ1v) is 5.99. The second kappa shape index (κ2) is 4.07. The highest BCUT2D eigenvalue weighted by atomic mass is 32.1. The van der Waals surface area contributed by atoms with E-state index in [0.717, 1.165) is 5.00 Å². The molecule has 15 heavy (non-hydrogen) atoms. The Hall–Kier alpha value is -1.28. The molecule has 0 aliphatic rings. The zero-order valence-corrected chi connectivity index (χ0v) is 9.84. The normalized spacial score (nSPS) is 10.9. The Labute approximate surface area is 94.6 Å². The first-order valence-electron chi connectivity index (χ1n) is 5.11. The van der Waals surface area contributed by atoms with Crippen LogP contribution < -0.4 is 5.73 Å². The van der Waals surface area contributed by atoms with Gasteiger partial charge in [0.15, 0.2) is 0 Å². The first-order chi connectivity index (χ1) is 7.16. The molecule has 78 valence electrons. The molecule has 0 saturated carbocycles. The van der Waals surface area contributed by atoms with Crippen molar-refractivity contribution in [3.05, 3.63) is 41.3 Å². The van der Waals surface area contributed by atoms with Crippen LogP contribution in [-0.4, -0.2) is 0 Å². The molecule has 0 bridgehead atoms. The summed E-state index contributed by atoms with van der Waals surface area (Å²) in [6.45, 7) is 4.41. The molecule has 1 nitrogen and oxygen atoms in total. The van der Waals surface area contributed by atoms with E-state index in [4.69, 9.17) is 5.73 Å². The van der Waals surface area contributed by atoms with E-state index in [1.165, 1.54) is 16.7 Å². The minimum atomic E-state index is 0.589. The van der Waals surface area contributed by atoms with Crippen molar-refractivity contribution in [2.45, 2.75) is 19.8 Å². The van der Waals surface area contributed by atoms with E-state index in [1.54, 1.807) is 11.3 Å². The molecule has 0 amide bonds. The fourth-order valence-corrected chi connectivity index (χ4v) is 2.23. The summed E-state index contributed by atoms with van der Waals surface area (Å²) in [6, 6.07) is 10.7. The van der Waals surface area contributed by atoms with E-state index in [-0.39, 0.29) is 0 Å². The average molecular weight is 217 g/mol. The van der Waals surface area contributed by atoms with Gasteiger partial charge in [-0.3, -0.25) is 0 Å². The lowest BCUT2D eigenvalue weighted by Gasteiger charge is -2.05. The minimum Gasteiger partial charge on any atom is -0.391 e. The maximum Gasteiger partial charge on any atom is 0.0862 e. The van der Waals surface area contributed by atoms with E-state index in [0.29, 0.717) is 5.92 Å². The first kappa shape index (κ1) is 10.2. The fraction of sp³-hybridized carbons (Fsp3) is 0.231. The quantitative estimate of drug-likeness (QED) is 0.804. The Morgan fingerprint density at radius 3 is 2.20 bits per heavy atom. The third-order valence-corrected chi connectivity index (χ3v) is 3.29. The number of nitrogens with two attached hydrogens (primary N) is 1. The standard InChI is InChI=1S/C13H15NS/c1-9(2)10-3-5-11(6-4-10)12-7-13(14)15-8-12/h3-9H,14H2,1-2H3. The number of hydrogen-bond donors (Lipinski definition) is 1. The molecule has 2 heteroatoms. The van der Waals surface area contributed by atoms with Gasteiger partial charge in [-0.25, -0.2) is 0 Å². The molecule has 0 fully saturated rings. The summed E-state index contributed by atoms with van der Waals surface area (Å²) in [6.07, 6.45) is 0. The highest BCUT2D eigenvalue weighted by molar-refractivity contribution is 7.14. The Morgan fingerprint density at radius 1 is 1.07 bits per heavy atom. The summed E-state index contributed by atoms with van der Waals surface area (Å²) in [7, 11) is 0. The van der Waals surface area contributed by atoms with E-state index < -0.39 is 0 Å². The third-order valence-electron chi connectivity index (χ3n) is 2.53. The summed E-state index contributed by atoms with van der Waals surface area (Å²) in [4.78, 5) is 0. The lowest BCUT2D eigenvalue weighted by atomic mass is 10.00. The lowest BCUT2D eigenvalue weighted by Crippen LogP contribution is -1.86. The van der Waals surface area contributed by atoms with Gasteiger partial charge >= 0.3 is 0 Å². The van der Waals surface area contributed by atoms with Crippen molar-refractivity contribution in [1.82, 2.24) is 0 Å². The molecule has 1 aromatic carbocycles. The number of thiophene rings is 1. The highest BCUT2D eigenvalue weighted by Crippen LogP contribution is 2.28. The molecule has 0 unspecified atom stereocenters. The van der Waals surface area contributed by atoms with Gasteiger partial charge in [0.1, 0.15) is 0 Å². The second-order valence-corrected chi connectivity index (χ2v) is 4.96. The van der Waals surface area contributed by atoms with Crippen molar-refractivity contribution in [3.8, 4) is 11.1 Å². The molecule has 2 rings (SSSR count). The molecule has 0 radical (unpaired) electrons. The van der Waals surface area contributed by atoms with E-state index >= 15 is 0 Å². The average Bonchev–Trinajstić information content (AvgIpc) is 2.65. The van der Waals surface area contributed by atoms with Crippen LogP contribution in [0.15, 0.2) is 35.7 Å². The van der Waals surface area contributed by atoms with E-state index in [2.05, 4.69) is 43.5 Å². The molecular formula is C13H15NS. The second-order valence-electron chi connectivity index (χ2n) is 4.01. The SMILES string of the molecule is CC(C)c1ccc(-c2csc(N)c2)cc1. The Morgan fingerprint density at radius 2 is 1.73 bits per heavy atom. The van der Waals surface area contributed by atoms with Crippen LogP contribution in [0.1, 0.15) is 25.3 Å². The highest BCUT2D eigenvalue weighted by Gasteiger charge is 2.02. The Balaban J connectivity index is 2.31. The molecule has 0 aliphatic heterocycles. The third kappa shape index (κ3) is 2.21. The maximum absolute atomic E-state index is 5.71. The number of anilines is 1. The summed E-state index contributed by atoms with van der Waals surface area (Å²) in [5, 5.41) is 2.97. The number of hydrogen-bond acceptors (Lipinski definition) is 2. The Bertz CT molecular complexity index is 440. The van der Waals surface area contributed by atoms with Gasteiger partial charge in [-0.2, -0.15) is 0 Å². The van der Waals surface area contributed by atoms with Crippen LogP contribution >= 0.6 is 11.3 Å². The molecule has 2 N–H and O–H groups in total. The van der Waals surface area contributed by atoms with Gasteiger partial charge in [0.2, 0.25) is 0 Å². The monoisotopic (exact) mass is 217 g/mol. The number of rotatable bonds is 2. The van der Waals surface area contributed by atoms with Gasteiger partial charge in [-0.15, -0.1) is 11.3 Å². The molecule has 0 spiro atoms. The topological polar surface area (TPSA) is 26.0 Å². The van der Waals surface area contributed by atoms with Crippen molar-refractivity contribution in [2.75, 3.05) is 5.73 Å². The van der Waals surface area contributed by atoms with Crippen LogP contribution in [0.3, 0.4) is 0 Å². The van der Waals surface area contributed by atoms with Crippen molar-refractivity contribution in [2.24, 2.45) is 0 Å². The van der Waals surface area contributed by atoms with Gasteiger partial charge in [0.25, 0.3) is 0 Å². The van der Waals surface area contributed by atoms with Crippen LogP contribution in [0.4, 0.5) is 5.00 Å². The van der Waals surface area contributed by atoms with Crippen LogP contribution in [0.2, 0.25) is 0 Å². The van der Waals surface area contributed by atoms with Crippen LogP contribution in [0, 0.1) is 0 Å². The van der Waals surface area contributed by atoms with Gasteiger partial charge < -0.3 is 5.73 Å². The van der Waals surface area contributed by atoms with Gasteiger partial charge in [-0.05, 0) is 28.7 Å². The summed E-state index contributed by atoms with van der Waals surface area (Å²) < 4.78 is 0. The number of nitrogen functional groups attached to an aromatic ring is 1. The summed E-state index contributed by atoms with van der Waals surface area (Å²) in [5.74, 6) is 0.589. The predicted molar refractivity (Wildman–Crippen MR) is 68.3 cm³/mol. The predicted octanol–water partition coefficient (Wildman–Crippen LogP) is 4.12. The zero-order chi connectivity index (χ0) is 10.8. The summed E-state index contributed by atoms with van der Waals surface area (Å²) >= 11 is 1.59.